The Bertz CT molecular complexity index is 673. The molecule has 1 aromatic carbocycles. The summed E-state index contributed by atoms with van der Waals surface area (Å²) in [5.41, 5.74) is -4.11. The van der Waals surface area contributed by atoms with Crippen molar-refractivity contribution >= 4 is 21.6 Å². The quantitative estimate of drug-likeness (QED) is 0.817. The molecule has 24 heavy (non-hydrogen) atoms. The van der Waals surface area contributed by atoms with Gasteiger partial charge in [-0.2, -0.15) is 13.2 Å². The standard InChI is InChI=1S/C14H19F3N2O4S/c1-13(21,14(15,16)17)12(20)19(11-7-5-4-6-8-11)24(22,23)10-9-18(2)3/h4-8,21H,9-10H2,1-3H3. The minimum Gasteiger partial charge on any atom is -0.373 e. The van der Waals surface area contributed by atoms with Crippen LogP contribution in [0.3, 0.4) is 0 Å². The highest BCUT2D eigenvalue weighted by molar-refractivity contribution is 7.93. The van der Waals surface area contributed by atoms with Crippen LogP contribution in [0.2, 0.25) is 0 Å². The predicted octanol–water partition coefficient (Wildman–Crippen LogP) is 1.22. The predicted molar refractivity (Wildman–Crippen MR) is 82.9 cm³/mol. The van der Waals surface area contributed by atoms with E-state index < -0.39 is 33.5 Å². The lowest BCUT2D eigenvalue weighted by molar-refractivity contribution is -0.243. The molecular formula is C14H19F3N2O4S. The van der Waals surface area contributed by atoms with E-state index in [1.807, 2.05) is 0 Å². The van der Waals surface area contributed by atoms with Gasteiger partial charge in [0.1, 0.15) is 0 Å². The number of carbonyl (C=O) groups is 1. The third-order valence-corrected chi connectivity index (χ3v) is 4.85. The first-order chi connectivity index (χ1) is 10.8. The first-order valence-electron chi connectivity index (χ1n) is 6.87. The fourth-order valence-electron chi connectivity index (χ4n) is 1.68. The van der Waals surface area contributed by atoms with E-state index in [0.717, 1.165) is 0 Å². The highest BCUT2D eigenvalue weighted by Crippen LogP contribution is 2.34. The molecule has 0 aliphatic carbocycles. The van der Waals surface area contributed by atoms with Crippen molar-refractivity contribution in [2.75, 3.05) is 30.7 Å². The highest BCUT2D eigenvalue weighted by atomic mass is 32.2. The molecule has 0 saturated heterocycles. The van der Waals surface area contributed by atoms with E-state index in [1.165, 1.54) is 35.2 Å². The smallest absolute Gasteiger partial charge is 0.373 e. The maximum Gasteiger partial charge on any atom is 0.426 e. The van der Waals surface area contributed by atoms with Gasteiger partial charge in [0.2, 0.25) is 15.6 Å². The molecule has 10 heteroatoms. The van der Waals surface area contributed by atoms with Crippen LogP contribution in [-0.4, -0.2) is 62.5 Å². The van der Waals surface area contributed by atoms with E-state index in [9.17, 15) is 31.5 Å². The number of halogens is 3. The molecule has 0 aliphatic rings. The molecule has 0 aromatic heterocycles. The van der Waals surface area contributed by atoms with Crippen molar-refractivity contribution in [3.8, 4) is 0 Å². The number of sulfonamides is 1. The Balaban J connectivity index is 3.39. The van der Waals surface area contributed by atoms with E-state index in [1.54, 1.807) is 14.1 Å². The van der Waals surface area contributed by atoms with Gasteiger partial charge < -0.3 is 10.0 Å². The molecule has 1 rings (SSSR count). The summed E-state index contributed by atoms with van der Waals surface area (Å²) < 4.78 is 63.8. The zero-order chi connectivity index (χ0) is 18.8. The van der Waals surface area contributed by atoms with Crippen molar-refractivity contribution in [2.45, 2.75) is 18.7 Å². The van der Waals surface area contributed by atoms with Crippen molar-refractivity contribution in [1.29, 1.82) is 0 Å². The summed E-state index contributed by atoms with van der Waals surface area (Å²) in [5, 5.41) is 9.60. The van der Waals surface area contributed by atoms with Crippen LogP contribution in [0.25, 0.3) is 0 Å². The summed E-state index contributed by atoms with van der Waals surface area (Å²) in [7, 11) is -1.27. The summed E-state index contributed by atoms with van der Waals surface area (Å²) in [6.45, 7) is 0.222. The number of para-hydroxylation sites is 1. The molecule has 1 amide bonds. The highest BCUT2D eigenvalue weighted by Gasteiger charge is 2.59. The van der Waals surface area contributed by atoms with Gasteiger partial charge in [-0.15, -0.1) is 0 Å². The summed E-state index contributed by atoms with van der Waals surface area (Å²) in [4.78, 5) is 13.8. The second-order valence-corrected chi connectivity index (χ2v) is 7.53. The number of nitrogens with zero attached hydrogens (tertiary/aromatic N) is 2. The number of alkyl halides is 3. The van der Waals surface area contributed by atoms with Gasteiger partial charge in [0.25, 0.3) is 5.91 Å². The fourth-order valence-corrected chi connectivity index (χ4v) is 3.33. The monoisotopic (exact) mass is 368 g/mol. The van der Waals surface area contributed by atoms with Crippen LogP contribution < -0.4 is 4.31 Å². The topological polar surface area (TPSA) is 77.9 Å². The van der Waals surface area contributed by atoms with E-state index in [4.69, 9.17) is 0 Å². The molecule has 0 radical (unpaired) electrons. The zero-order valence-electron chi connectivity index (χ0n) is 13.4. The molecule has 0 aliphatic heterocycles. The molecule has 136 valence electrons. The van der Waals surface area contributed by atoms with Crippen LogP contribution in [0.5, 0.6) is 0 Å². The average molecular weight is 368 g/mol. The van der Waals surface area contributed by atoms with Gasteiger partial charge >= 0.3 is 6.18 Å². The summed E-state index contributed by atoms with van der Waals surface area (Å²) in [6.07, 6.45) is -5.33. The SMILES string of the molecule is CN(C)CCS(=O)(=O)N(C(=O)C(C)(O)C(F)(F)F)c1ccccc1. The molecule has 1 atom stereocenters. The van der Waals surface area contributed by atoms with Crippen molar-refractivity contribution < 1.29 is 31.5 Å². The van der Waals surface area contributed by atoms with Crippen molar-refractivity contribution in [1.82, 2.24) is 4.90 Å². The van der Waals surface area contributed by atoms with Crippen LogP contribution in [-0.2, 0) is 14.8 Å². The molecule has 0 spiro atoms. The third kappa shape index (κ3) is 4.46. The Morgan fingerprint density at radius 3 is 2.08 bits per heavy atom. The third-order valence-electron chi connectivity index (χ3n) is 3.22. The molecule has 0 bridgehead atoms. The van der Waals surface area contributed by atoms with E-state index in [2.05, 4.69) is 0 Å². The summed E-state index contributed by atoms with van der Waals surface area (Å²) >= 11 is 0. The van der Waals surface area contributed by atoms with E-state index in [-0.39, 0.29) is 23.5 Å². The maximum absolute atomic E-state index is 13.0. The lowest BCUT2D eigenvalue weighted by atomic mass is 10.1. The Labute approximate surface area is 138 Å². The van der Waals surface area contributed by atoms with Gasteiger partial charge in [-0.25, -0.2) is 12.7 Å². The number of hydrogen-bond donors (Lipinski definition) is 1. The molecule has 1 aromatic rings. The number of amides is 1. The number of rotatable bonds is 6. The average Bonchev–Trinajstić information content (AvgIpc) is 2.45. The van der Waals surface area contributed by atoms with Crippen LogP contribution in [0.1, 0.15) is 6.92 Å². The van der Waals surface area contributed by atoms with Gasteiger partial charge in [0.15, 0.2) is 0 Å². The van der Waals surface area contributed by atoms with Gasteiger partial charge in [0.05, 0.1) is 11.4 Å². The maximum atomic E-state index is 13.0. The molecule has 6 nitrogen and oxygen atoms in total. The van der Waals surface area contributed by atoms with Crippen LogP contribution in [0, 0.1) is 0 Å². The molecule has 1 N–H and O–H groups in total. The van der Waals surface area contributed by atoms with Crippen LogP contribution in [0.4, 0.5) is 18.9 Å². The minimum atomic E-state index is -5.33. The van der Waals surface area contributed by atoms with Crippen LogP contribution in [0.15, 0.2) is 30.3 Å². The Morgan fingerprint density at radius 2 is 1.67 bits per heavy atom. The molecule has 1 unspecified atom stereocenters. The van der Waals surface area contributed by atoms with Gasteiger partial charge in [-0.3, -0.25) is 4.79 Å². The molecule has 0 heterocycles. The Kier molecular flexibility index (Phi) is 6.01. The van der Waals surface area contributed by atoms with Gasteiger partial charge in [-0.1, -0.05) is 18.2 Å². The second-order valence-electron chi connectivity index (χ2n) is 5.59. The molecule has 0 fully saturated rings. The summed E-state index contributed by atoms with van der Waals surface area (Å²) in [6, 6.07) is 6.62. The van der Waals surface area contributed by atoms with Crippen molar-refractivity contribution in [3.63, 3.8) is 0 Å². The van der Waals surface area contributed by atoms with Gasteiger partial charge in [0, 0.05) is 6.54 Å². The summed E-state index contributed by atoms with van der Waals surface area (Å²) in [5.74, 6) is -2.56. The lowest BCUT2D eigenvalue weighted by Crippen LogP contribution is -2.58. The Morgan fingerprint density at radius 1 is 1.17 bits per heavy atom. The first-order valence-corrected chi connectivity index (χ1v) is 8.48. The zero-order valence-corrected chi connectivity index (χ0v) is 14.2. The molecule has 0 saturated carbocycles. The normalized spacial score (nSPS) is 15.2. The number of hydrogen-bond acceptors (Lipinski definition) is 5. The second kappa shape index (κ2) is 7.08. The largest absolute Gasteiger partial charge is 0.426 e. The Hall–Kier alpha value is -1.65. The fraction of sp³-hybridized carbons (Fsp3) is 0.500. The van der Waals surface area contributed by atoms with Gasteiger partial charge in [-0.05, 0) is 33.2 Å². The first kappa shape index (κ1) is 20.4. The van der Waals surface area contributed by atoms with Crippen LogP contribution >= 0.6 is 0 Å². The number of benzene rings is 1. The lowest BCUT2D eigenvalue weighted by Gasteiger charge is -2.31. The molecular weight excluding hydrogens is 349 g/mol. The van der Waals surface area contributed by atoms with E-state index >= 15 is 0 Å². The number of anilines is 1. The number of aliphatic hydroxyl groups is 1. The van der Waals surface area contributed by atoms with Crippen molar-refractivity contribution in [3.05, 3.63) is 30.3 Å². The van der Waals surface area contributed by atoms with Crippen molar-refractivity contribution in [2.24, 2.45) is 0 Å². The minimum absolute atomic E-state index is 0.00684. The van der Waals surface area contributed by atoms with E-state index in [0.29, 0.717) is 0 Å². The number of carbonyl (C=O) groups excluding carboxylic acids is 1.